The smallest absolute Gasteiger partial charge is 0.245 e. The average molecular weight is 340 g/mol. The number of hydrogen-bond acceptors (Lipinski definition) is 1. The Labute approximate surface area is 87.7 Å². The van der Waals surface area contributed by atoms with E-state index in [4.69, 9.17) is 0 Å². The van der Waals surface area contributed by atoms with Crippen molar-refractivity contribution in [2.45, 2.75) is 24.8 Å². The molecule has 0 aromatic heterocycles. The van der Waals surface area contributed by atoms with Crippen LogP contribution in [0.25, 0.3) is 0 Å². The fraction of sp³-hybridized carbons (Fsp3) is 1.00. The van der Waals surface area contributed by atoms with Gasteiger partial charge in [-0.2, -0.15) is 13.2 Å². The first-order chi connectivity index (χ1) is 6.02. The minimum atomic E-state index is -5.70. The van der Waals surface area contributed by atoms with Gasteiger partial charge < -0.3 is 0 Å². The Bertz CT molecular complexity index is 187. The molecule has 1 atom stereocenters. The summed E-state index contributed by atoms with van der Waals surface area (Å²) in [5.41, 5.74) is 0. The first-order valence-corrected chi connectivity index (χ1v) is 4.63. The van der Waals surface area contributed by atoms with Crippen LogP contribution in [0.5, 0.6) is 0 Å². The molecule has 1 nitrogen and oxygen atoms in total. The highest BCUT2D eigenvalue weighted by molar-refractivity contribution is 14.1. The summed E-state index contributed by atoms with van der Waals surface area (Å²) in [7, 11) is 0. The molecule has 0 N–H and O–H groups in total. The molecule has 0 radical (unpaired) electrons. The SMILES string of the molecule is FC(F)(F)O[C@](F)(CCI)C(F)(F)F. The van der Waals surface area contributed by atoms with Gasteiger partial charge in [-0.1, -0.05) is 22.6 Å². The molecule has 0 aliphatic heterocycles. The van der Waals surface area contributed by atoms with Gasteiger partial charge in [0.05, 0.1) is 0 Å². The maximum Gasteiger partial charge on any atom is 0.525 e. The molecule has 86 valence electrons. The molecule has 0 saturated heterocycles. The molecule has 0 amide bonds. The van der Waals surface area contributed by atoms with Crippen LogP contribution in [-0.4, -0.2) is 22.8 Å². The summed E-state index contributed by atoms with van der Waals surface area (Å²) in [5, 5.41) is 0. The third-order valence-electron chi connectivity index (χ3n) is 1.12. The van der Waals surface area contributed by atoms with Gasteiger partial charge in [0, 0.05) is 10.8 Å². The Hall–Kier alpha value is 0.200. The van der Waals surface area contributed by atoms with E-state index in [2.05, 4.69) is 4.74 Å². The predicted octanol–water partition coefficient (Wildman–Crippen LogP) is 3.58. The monoisotopic (exact) mass is 340 g/mol. The van der Waals surface area contributed by atoms with E-state index in [0.29, 0.717) is 0 Å². The van der Waals surface area contributed by atoms with E-state index in [9.17, 15) is 30.7 Å². The lowest BCUT2D eigenvalue weighted by atomic mass is 10.2. The van der Waals surface area contributed by atoms with E-state index in [1.54, 1.807) is 0 Å². The molecule has 14 heavy (non-hydrogen) atoms. The molecule has 9 heteroatoms. The molecule has 0 bridgehead atoms. The number of hydrogen-bond donors (Lipinski definition) is 0. The molecule has 0 aromatic carbocycles. The Kier molecular flexibility index (Phi) is 4.43. The van der Waals surface area contributed by atoms with Gasteiger partial charge in [0.15, 0.2) is 0 Å². The molecule has 0 heterocycles. The van der Waals surface area contributed by atoms with Crippen LogP contribution in [0.15, 0.2) is 0 Å². The Balaban J connectivity index is 4.74. The van der Waals surface area contributed by atoms with Gasteiger partial charge in [-0.3, -0.25) is 0 Å². The van der Waals surface area contributed by atoms with Crippen molar-refractivity contribution in [3.63, 3.8) is 0 Å². The van der Waals surface area contributed by atoms with E-state index in [0.717, 1.165) is 0 Å². The second kappa shape index (κ2) is 4.37. The highest BCUT2D eigenvalue weighted by Gasteiger charge is 2.61. The predicted molar refractivity (Wildman–Crippen MR) is 40.5 cm³/mol. The van der Waals surface area contributed by atoms with Crippen molar-refractivity contribution >= 4 is 22.6 Å². The van der Waals surface area contributed by atoms with Crippen molar-refractivity contribution < 1.29 is 35.5 Å². The van der Waals surface area contributed by atoms with Crippen molar-refractivity contribution in [3.8, 4) is 0 Å². The molecule has 0 rings (SSSR count). The minimum absolute atomic E-state index is 0.455. The quantitative estimate of drug-likeness (QED) is 0.434. The van der Waals surface area contributed by atoms with Crippen molar-refractivity contribution in [2.75, 3.05) is 4.43 Å². The largest absolute Gasteiger partial charge is 0.525 e. The molecule has 0 saturated carbocycles. The minimum Gasteiger partial charge on any atom is -0.245 e. The first kappa shape index (κ1) is 14.2. The highest BCUT2D eigenvalue weighted by Crippen LogP contribution is 2.42. The van der Waals surface area contributed by atoms with Crippen LogP contribution >= 0.6 is 22.6 Å². The summed E-state index contributed by atoms with van der Waals surface area (Å²) in [5.74, 6) is -4.66. The third-order valence-corrected chi connectivity index (χ3v) is 1.66. The summed E-state index contributed by atoms with van der Waals surface area (Å²) in [4.78, 5) is 0. The van der Waals surface area contributed by atoms with E-state index in [1.165, 1.54) is 22.6 Å². The molecule has 0 spiro atoms. The number of ether oxygens (including phenoxy) is 1. The molecular formula is C5H4F7IO. The second-order valence-electron chi connectivity index (χ2n) is 2.21. The van der Waals surface area contributed by atoms with Gasteiger partial charge in [-0.05, 0) is 0 Å². The molecule has 0 aliphatic rings. The molecule has 0 aromatic rings. The standard InChI is InChI=1S/C5H4F7IO/c6-3(1-2-13,4(7,8)9)14-5(10,11)12/h1-2H2/t3-/m1/s1. The zero-order valence-electron chi connectivity index (χ0n) is 6.35. The summed E-state index contributed by atoms with van der Waals surface area (Å²) < 4.78 is 84.5. The lowest BCUT2D eigenvalue weighted by molar-refractivity contribution is -0.447. The van der Waals surface area contributed by atoms with Crippen molar-refractivity contribution in [2.24, 2.45) is 0 Å². The second-order valence-corrected chi connectivity index (χ2v) is 3.29. The summed E-state index contributed by atoms with van der Waals surface area (Å²) >= 11 is 1.32. The average Bonchev–Trinajstić information content (AvgIpc) is 1.79. The Morgan fingerprint density at radius 3 is 1.57 bits per heavy atom. The number of halogens is 8. The maximum absolute atomic E-state index is 12.7. The van der Waals surface area contributed by atoms with Crippen molar-refractivity contribution in [1.82, 2.24) is 0 Å². The van der Waals surface area contributed by atoms with E-state index in [-0.39, 0.29) is 0 Å². The molecule has 0 fully saturated rings. The fourth-order valence-corrected chi connectivity index (χ4v) is 1.25. The molecular weight excluding hydrogens is 336 g/mol. The lowest BCUT2D eigenvalue weighted by Crippen LogP contribution is -2.47. The first-order valence-electron chi connectivity index (χ1n) is 3.10. The summed E-state index contributed by atoms with van der Waals surface area (Å²) in [6, 6.07) is 0. The van der Waals surface area contributed by atoms with Gasteiger partial charge in [-0.15, -0.1) is 13.2 Å². The zero-order valence-corrected chi connectivity index (χ0v) is 8.50. The van der Waals surface area contributed by atoms with Crippen LogP contribution in [0, 0.1) is 0 Å². The van der Waals surface area contributed by atoms with Gasteiger partial charge in [0.1, 0.15) is 0 Å². The third kappa shape index (κ3) is 4.15. The Morgan fingerprint density at radius 2 is 1.36 bits per heavy atom. The highest BCUT2D eigenvalue weighted by atomic mass is 127. The van der Waals surface area contributed by atoms with E-state index in [1.807, 2.05) is 0 Å². The Morgan fingerprint density at radius 1 is 0.929 bits per heavy atom. The van der Waals surface area contributed by atoms with Gasteiger partial charge in [-0.25, -0.2) is 9.13 Å². The van der Waals surface area contributed by atoms with Gasteiger partial charge in [0.2, 0.25) is 0 Å². The molecule has 0 unspecified atom stereocenters. The van der Waals surface area contributed by atoms with E-state index < -0.39 is 29.2 Å². The molecule has 0 aliphatic carbocycles. The topological polar surface area (TPSA) is 9.23 Å². The van der Waals surface area contributed by atoms with Crippen LogP contribution in [0.4, 0.5) is 30.7 Å². The van der Waals surface area contributed by atoms with Crippen molar-refractivity contribution in [3.05, 3.63) is 0 Å². The summed E-state index contributed by atoms with van der Waals surface area (Å²) in [6.45, 7) is 0. The lowest BCUT2D eigenvalue weighted by Gasteiger charge is -2.27. The van der Waals surface area contributed by atoms with Gasteiger partial charge >= 0.3 is 18.4 Å². The van der Waals surface area contributed by atoms with Crippen LogP contribution in [0.2, 0.25) is 0 Å². The van der Waals surface area contributed by atoms with Crippen LogP contribution in [-0.2, 0) is 4.74 Å². The van der Waals surface area contributed by atoms with Crippen LogP contribution in [0.3, 0.4) is 0 Å². The number of alkyl halides is 8. The van der Waals surface area contributed by atoms with Gasteiger partial charge in [0.25, 0.3) is 0 Å². The van der Waals surface area contributed by atoms with Crippen LogP contribution in [0.1, 0.15) is 6.42 Å². The fourth-order valence-electron chi connectivity index (χ4n) is 0.556. The van der Waals surface area contributed by atoms with Crippen molar-refractivity contribution in [1.29, 1.82) is 0 Å². The van der Waals surface area contributed by atoms with Crippen LogP contribution < -0.4 is 0 Å². The maximum atomic E-state index is 12.7. The normalized spacial score (nSPS) is 18.0. The van der Waals surface area contributed by atoms with E-state index >= 15 is 0 Å². The zero-order chi connectivity index (χ0) is 11.6. The number of rotatable bonds is 3. The summed E-state index contributed by atoms with van der Waals surface area (Å²) in [6.07, 6.45) is -12.8.